The summed E-state index contributed by atoms with van der Waals surface area (Å²) in [5.41, 5.74) is 6.50. The van der Waals surface area contributed by atoms with Crippen molar-refractivity contribution in [3.63, 3.8) is 0 Å². The van der Waals surface area contributed by atoms with E-state index in [1.54, 1.807) is 11.9 Å². The summed E-state index contributed by atoms with van der Waals surface area (Å²) >= 11 is 3.45. The molecule has 0 aliphatic carbocycles. The molecule has 1 aromatic carbocycles. The van der Waals surface area contributed by atoms with Gasteiger partial charge in [0.05, 0.1) is 6.20 Å². The highest BCUT2D eigenvalue weighted by atomic mass is 79.9. The average Bonchev–Trinajstić information content (AvgIpc) is 2.35. The molecule has 0 aliphatic rings. The number of anilines is 2. The lowest BCUT2D eigenvalue weighted by Crippen LogP contribution is -2.20. The third kappa shape index (κ3) is 2.76. The molecule has 0 aliphatic heterocycles. The predicted molar refractivity (Wildman–Crippen MR) is 72.7 cm³/mol. The topological polar surface area (TPSA) is 55.0 Å². The number of halogens is 2. The van der Waals surface area contributed by atoms with Crippen molar-refractivity contribution in [3.8, 4) is 0 Å². The van der Waals surface area contributed by atoms with Crippen molar-refractivity contribution in [1.82, 2.24) is 9.97 Å². The third-order valence-corrected chi connectivity index (χ3v) is 3.24. The van der Waals surface area contributed by atoms with Crippen LogP contribution >= 0.6 is 15.9 Å². The minimum atomic E-state index is -0.487. The van der Waals surface area contributed by atoms with E-state index in [2.05, 4.69) is 25.9 Å². The Balaban J connectivity index is 2.25. The molecule has 1 aromatic heterocycles. The number of hydrogen-bond donors (Lipinski definition) is 1. The molecule has 1 heterocycles. The fraction of sp³-hybridized carbons (Fsp3) is 0.167. The summed E-state index contributed by atoms with van der Waals surface area (Å²) < 4.78 is 14.6. The number of nitrogen functional groups attached to an aromatic ring is 1. The number of nitrogens with two attached hydrogens (primary N) is 1. The van der Waals surface area contributed by atoms with Gasteiger partial charge in [0, 0.05) is 18.1 Å². The molecule has 0 fully saturated rings. The Morgan fingerprint density at radius 1 is 1.39 bits per heavy atom. The highest BCUT2D eigenvalue weighted by Gasteiger charge is 2.12. The van der Waals surface area contributed by atoms with Gasteiger partial charge in [0.25, 0.3) is 0 Å². The van der Waals surface area contributed by atoms with Crippen molar-refractivity contribution in [1.29, 1.82) is 0 Å². The molecule has 0 unspecified atom stereocenters. The highest BCUT2D eigenvalue weighted by molar-refractivity contribution is 9.10. The van der Waals surface area contributed by atoms with Gasteiger partial charge in [-0.15, -0.1) is 0 Å². The number of aromatic nitrogens is 2. The van der Waals surface area contributed by atoms with Crippen LogP contribution in [0.2, 0.25) is 0 Å². The summed E-state index contributed by atoms with van der Waals surface area (Å²) in [5, 5.41) is 0. The molecule has 4 nitrogen and oxygen atoms in total. The number of benzene rings is 1. The van der Waals surface area contributed by atoms with Crippen molar-refractivity contribution >= 4 is 27.7 Å². The fourth-order valence-corrected chi connectivity index (χ4v) is 2.01. The van der Waals surface area contributed by atoms with E-state index in [1.807, 2.05) is 24.3 Å². The SMILES string of the molecule is CN(Cc1ccccc1Br)c1nc(N)ncc1F. The second-order valence-electron chi connectivity index (χ2n) is 3.85. The number of rotatable bonds is 3. The molecule has 0 amide bonds. The first kappa shape index (κ1) is 12.8. The molecule has 2 N–H and O–H groups in total. The van der Waals surface area contributed by atoms with E-state index in [4.69, 9.17) is 5.73 Å². The first-order valence-corrected chi connectivity index (χ1v) is 6.10. The Bertz CT molecular complexity index is 562. The van der Waals surface area contributed by atoms with Crippen molar-refractivity contribution < 1.29 is 4.39 Å². The molecule has 2 rings (SSSR count). The van der Waals surface area contributed by atoms with Crippen LogP contribution in [0.4, 0.5) is 16.2 Å². The summed E-state index contributed by atoms with van der Waals surface area (Å²) in [6, 6.07) is 7.76. The molecule has 0 bridgehead atoms. The summed E-state index contributed by atoms with van der Waals surface area (Å²) in [4.78, 5) is 9.19. The summed E-state index contributed by atoms with van der Waals surface area (Å²) in [7, 11) is 1.75. The van der Waals surface area contributed by atoms with E-state index in [0.717, 1.165) is 16.2 Å². The molecule has 0 saturated heterocycles. The maximum Gasteiger partial charge on any atom is 0.222 e. The number of hydrogen-bond acceptors (Lipinski definition) is 4. The smallest absolute Gasteiger partial charge is 0.222 e. The van der Waals surface area contributed by atoms with Gasteiger partial charge < -0.3 is 10.6 Å². The van der Waals surface area contributed by atoms with Crippen LogP contribution in [0, 0.1) is 5.82 Å². The van der Waals surface area contributed by atoms with Crippen LogP contribution in [0.15, 0.2) is 34.9 Å². The van der Waals surface area contributed by atoms with E-state index in [9.17, 15) is 4.39 Å². The van der Waals surface area contributed by atoms with Crippen LogP contribution < -0.4 is 10.6 Å². The molecular formula is C12H12BrFN4. The van der Waals surface area contributed by atoms with Gasteiger partial charge in [-0.1, -0.05) is 34.1 Å². The van der Waals surface area contributed by atoms with Crippen LogP contribution in [0.1, 0.15) is 5.56 Å². The molecule has 6 heteroatoms. The van der Waals surface area contributed by atoms with Crippen LogP contribution in [0.5, 0.6) is 0 Å². The normalized spacial score (nSPS) is 10.4. The van der Waals surface area contributed by atoms with Crippen LogP contribution in [0.3, 0.4) is 0 Å². The lowest BCUT2D eigenvalue weighted by atomic mass is 10.2. The Morgan fingerprint density at radius 3 is 2.83 bits per heavy atom. The van der Waals surface area contributed by atoms with Crippen molar-refractivity contribution in [2.45, 2.75) is 6.54 Å². The quantitative estimate of drug-likeness (QED) is 0.946. The largest absolute Gasteiger partial charge is 0.368 e. The average molecular weight is 311 g/mol. The van der Waals surface area contributed by atoms with Gasteiger partial charge in [0.2, 0.25) is 5.95 Å². The van der Waals surface area contributed by atoms with Crippen molar-refractivity contribution in [3.05, 3.63) is 46.3 Å². The third-order valence-electron chi connectivity index (χ3n) is 2.47. The van der Waals surface area contributed by atoms with Gasteiger partial charge in [0.1, 0.15) is 0 Å². The van der Waals surface area contributed by atoms with E-state index in [1.165, 1.54) is 0 Å². The fourth-order valence-electron chi connectivity index (χ4n) is 1.60. The van der Waals surface area contributed by atoms with Crippen molar-refractivity contribution in [2.75, 3.05) is 17.7 Å². The molecule has 18 heavy (non-hydrogen) atoms. The second-order valence-corrected chi connectivity index (χ2v) is 4.70. The Morgan fingerprint density at radius 2 is 2.11 bits per heavy atom. The zero-order chi connectivity index (χ0) is 13.1. The molecule has 0 atom stereocenters. The summed E-state index contributed by atoms with van der Waals surface area (Å²) in [6.45, 7) is 0.523. The zero-order valence-corrected chi connectivity index (χ0v) is 11.4. The van der Waals surface area contributed by atoms with Gasteiger partial charge in [0.15, 0.2) is 11.6 Å². The van der Waals surface area contributed by atoms with E-state index < -0.39 is 5.82 Å². The second kappa shape index (κ2) is 5.30. The van der Waals surface area contributed by atoms with E-state index >= 15 is 0 Å². The lowest BCUT2D eigenvalue weighted by molar-refractivity contribution is 0.608. The zero-order valence-electron chi connectivity index (χ0n) is 9.77. The molecule has 0 spiro atoms. The predicted octanol–water partition coefficient (Wildman–Crippen LogP) is 2.60. The summed E-state index contributed by atoms with van der Waals surface area (Å²) in [6.07, 6.45) is 1.08. The molecule has 2 aromatic rings. The van der Waals surface area contributed by atoms with Gasteiger partial charge in [-0.25, -0.2) is 9.37 Å². The molecule has 0 radical (unpaired) electrons. The number of nitrogens with zero attached hydrogens (tertiary/aromatic N) is 3. The van der Waals surface area contributed by atoms with Gasteiger partial charge >= 0.3 is 0 Å². The molecule has 94 valence electrons. The van der Waals surface area contributed by atoms with E-state index in [0.29, 0.717) is 6.54 Å². The molecular weight excluding hydrogens is 299 g/mol. The van der Waals surface area contributed by atoms with Crippen LogP contribution in [0.25, 0.3) is 0 Å². The standard InChI is InChI=1S/C12H12BrFN4/c1-18(7-8-4-2-3-5-9(8)13)11-10(14)6-16-12(15)17-11/h2-6H,7H2,1H3,(H2,15,16,17). The van der Waals surface area contributed by atoms with Gasteiger partial charge in [-0.2, -0.15) is 4.98 Å². The van der Waals surface area contributed by atoms with Gasteiger partial charge in [-0.05, 0) is 11.6 Å². The minimum absolute atomic E-state index is 0.0605. The van der Waals surface area contributed by atoms with Crippen LogP contribution in [-0.2, 0) is 6.54 Å². The highest BCUT2D eigenvalue weighted by Crippen LogP contribution is 2.21. The molecule has 0 saturated carbocycles. The van der Waals surface area contributed by atoms with Gasteiger partial charge in [-0.3, -0.25) is 0 Å². The first-order chi connectivity index (χ1) is 8.58. The van der Waals surface area contributed by atoms with Crippen LogP contribution in [-0.4, -0.2) is 17.0 Å². The minimum Gasteiger partial charge on any atom is -0.368 e. The van der Waals surface area contributed by atoms with E-state index in [-0.39, 0.29) is 11.8 Å². The Hall–Kier alpha value is -1.69. The monoisotopic (exact) mass is 310 g/mol. The lowest BCUT2D eigenvalue weighted by Gasteiger charge is -2.19. The van der Waals surface area contributed by atoms with Crippen molar-refractivity contribution in [2.24, 2.45) is 0 Å². The maximum absolute atomic E-state index is 13.6. The first-order valence-electron chi connectivity index (χ1n) is 5.30. The summed E-state index contributed by atoms with van der Waals surface area (Å²) in [5.74, 6) is -0.234. The Kier molecular flexibility index (Phi) is 3.76. The maximum atomic E-state index is 13.6. The Labute approximate surface area is 113 Å².